The molecule has 1 aromatic carbocycles. The van der Waals surface area contributed by atoms with Crippen LogP contribution in [0.2, 0.25) is 0 Å². The number of carbonyl (C=O) groups excluding carboxylic acids is 2. The number of primary amides is 1. The Morgan fingerprint density at radius 2 is 2.06 bits per heavy atom. The maximum Gasteiger partial charge on any atom is 0.253 e. The monoisotopic (exact) mass is 232 g/mol. The van der Waals surface area contributed by atoms with Crippen LogP contribution in [0.4, 0.5) is 0 Å². The third-order valence-electron chi connectivity index (χ3n) is 2.17. The summed E-state index contributed by atoms with van der Waals surface area (Å²) in [4.78, 5) is 23.8. The van der Waals surface area contributed by atoms with Crippen molar-refractivity contribution < 1.29 is 9.59 Å². The zero-order valence-electron chi connectivity index (χ0n) is 10.0. The minimum atomic E-state index is -0.373. The highest BCUT2D eigenvalue weighted by molar-refractivity contribution is 5.94. The van der Waals surface area contributed by atoms with Gasteiger partial charge in [-0.05, 0) is 17.7 Å². The SMILES string of the molecule is CN(C)C(=O)c1cccc(C=CCC(N)=O)c1. The van der Waals surface area contributed by atoms with Crippen LogP contribution in [0, 0.1) is 0 Å². The fourth-order valence-electron chi connectivity index (χ4n) is 1.34. The van der Waals surface area contributed by atoms with Crippen molar-refractivity contribution in [2.75, 3.05) is 14.1 Å². The van der Waals surface area contributed by atoms with E-state index in [1.165, 1.54) is 4.90 Å². The van der Waals surface area contributed by atoms with E-state index in [0.717, 1.165) is 5.56 Å². The molecule has 0 saturated heterocycles. The van der Waals surface area contributed by atoms with E-state index < -0.39 is 0 Å². The van der Waals surface area contributed by atoms with Crippen molar-refractivity contribution >= 4 is 17.9 Å². The predicted octanol–water partition coefficient (Wildman–Crippen LogP) is 1.28. The van der Waals surface area contributed by atoms with E-state index in [0.29, 0.717) is 5.56 Å². The summed E-state index contributed by atoms with van der Waals surface area (Å²) in [5, 5.41) is 0. The maximum absolute atomic E-state index is 11.7. The highest BCUT2D eigenvalue weighted by Crippen LogP contribution is 2.09. The van der Waals surface area contributed by atoms with Gasteiger partial charge in [0.25, 0.3) is 5.91 Å². The third-order valence-corrected chi connectivity index (χ3v) is 2.17. The van der Waals surface area contributed by atoms with Gasteiger partial charge in [-0.15, -0.1) is 0 Å². The average Bonchev–Trinajstić information content (AvgIpc) is 2.28. The van der Waals surface area contributed by atoms with Crippen LogP contribution < -0.4 is 5.73 Å². The second-order valence-electron chi connectivity index (χ2n) is 3.90. The second kappa shape index (κ2) is 5.84. The van der Waals surface area contributed by atoms with Crippen molar-refractivity contribution in [2.45, 2.75) is 6.42 Å². The summed E-state index contributed by atoms with van der Waals surface area (Å²) < 4.78 is 0. The Labute approximate surface area is 101 Å². The molecule has 0 aliphatic rings. The average molecular weight is 232 g/mol. The number of amides is 2. The van der Waals surface area contributed by atoms with Gasteiger partial charge >= 0.3 is 0 Å². The fourth-order valence-corrected chi connectivity index (χ4v) is 1.34. The van der Waals surface area contributed by atoms with E-state index in [9.17, 15) is 9.59 Å². The number of carbonyl (C=O) groups is 2. The number of benzene rings is 1. The Balaban J connectivity index is 2.82. The first-order valence-corrected chi connectivity index (χ1v) is 5.27. The first-order valence-electron chi connectivity index (χ1n) is 5.27. The van der Waals surface area contributed by atoms with E-state index in [-0.39, 0.29) is 18.2 Å². The molecule has 90 valence electrons. The molecule has 0 atom stereocenters. The van der Waals surface area contributed by atoms with Crippen LogP contribution in [0.5, 0.6) is 0 Å². The van der Waals surface area contributed by atoms with Crippen molar-refractivity contribution in [2.24, 2.45) is 5.73 Å². The summed E-state index contributed by atoms with van der Waals surface area (Å²) in [6, 6.07) is 7.21. The zero-order valence-corrected chi connectivity index (χ0v) is 10.0. The molecule has 0 aliphatic carbocycles. The lowest BCUT2D eigenvalue weighted by atomic mass is 10.1. The normalized spacial score (nSPS) is 10.5. The van der Waals surface area contributed by atoms with Gasteiger partial charge in [-0.1, -0.05) is 24.3 Å². The van der Waals surface area contributed by atoms with Gasteiger partial charge in [0, 0.05) is 26.1 Å². The Morgan fingerprint density at radius 1 is 1.35 bits per heavy atom. The first-order chi connectivity index (χ1) is 8.00. The molecule has 1 rings (SSSR count). The first kappa shape index (κ1) is 13.0. The standard InChI is InChI=1S/C13H16N2O2/c1-15(2)13(17)11-7-3-5-10(9-11)6-4-8-12(14)16/h3-7,9H,8H2,1-2H3,(H2,14,16). The molecule has 0 saturated carbocycles. The summed E-state index contributed by atoms with van der Waals surface area (Å²) >= 11 is 0. The minimum Gasteiger partial charge on any atom is -0.369 e. The van der Waals surface area contributed by atoms with Crippen LogP contribution >= 0.6 is 0 Å². The number of hydrogen-bond acceptors (Lipinski definition) is 2. The predicted molar refractivity (Wildman–Crippen MR) is 67.3 cm³/mol. The van der Waals surface area contributed by atoms with E-state index in [4.69, 9.17) is 5.73 Å². The van der Waals surface area contributed by atoms with Crippen LogP contribution in [-0.4, -0.2) is 30.8 Å². The van der Waals surface area contributed by atoms with E-state index in [1.807, 2.05) is 6.07 Å². The van der Waals surface area contributed by atoms with Crippen molar-refractivity contribution in [3.63, 3.8) is 0 Å². The van der Waals surface area contributed by atoms with E-state index in [1.54, 1.807) is 44.4 Å². The Kier molecular flexibility index (Phi) is 4.46. The van der Waals surface area contributed by atoms with Crippen LogP contribution in [0.1, 0.15) is 22.3 Å². The lowest BCUT2D eigenvalue weighted by Gasteiger charge is -2.10. The number of nitrogens with zero attached hydrogens (tertiary/aromatic N) is 1. The van der Waals surface area contributed by atoms with Crippen molar-refractivity contribution in [1.29, 1.82) is 0 Å². The molecule has 0 heterocycles. The molecule has 0 aliphatic heterocycles. The van der Waals surface area contributed by atoms with Gasteiger partial charge in [-0.2, -0.15) is 0 Å². The lowest BCUT2D eigenvalue weighted by Crippen LogP contribution is -2.21. The molecule has 4 heteroatoms. The molecular formula is C13H16N2O2. The maximum atomic E-state index is 11.7. The molecule has 0 bridgehead atoms. The van der Waals surface area contributed by atoms with Gasteiger partial charge in [-0.25, -0.2) is 0 Å². The van der Waals surface area contributed by atoms with Crippen LogP contribution in [0.3, 0.4) is 0 Å². The van der Waals surface area contributed by atoms with Crippen LogP contribution in [-0.2, 0) is 4.79 Å². The Bertz CT molecular complexity index is 450. The molecule has 0 fully saturated rings. The quantitative estimate of drug-likeness (QED) is 0.849. The largest absolute Gasteiger partial charge is 0.369 e. The van der Waals surface area contributed by atoms with Gasteiger partial charge in [0.15, 0.2) is 0 Å². The van der Waals surface area contributed by atoms with Gasteiger partial charge in [0.05, 0.1) is 0 Å². The number of nitrogens with two attached hydrogens (primary N) is 1. The molecule has 0 unspecified atom stereocenters. The lowest BCUT2D eigenvalue weighted by molar-refractivity contribution is -0.117. The summed E-state index contributed by atoms with van der Waals surface area (Å²) in [6.07, 6.45) is 3.66. The smallest absolute Gasteiger partial charge is 0.253 e. The van der Waals surface area contributed by atoms with Gasteiger partial charge in [0.2, 0.25) is 5.91 Å². The molecule has 0 radical (unpaired) electrons. The van der Waals surface area contributed by atoms with E-state index >= 15 is 0 Å². The molecule has 0 spiro atoms. The van der Waals surface area contributed by atoms with Crippen molar-refractivity contribution in [3.8, 4) is 0 Å². The second-order valence-corrected chi connectivity index (χ2v) is 3.90. The molecule has 1 aromatic rings. The summed E-state index contributed by atoms with van der Waals surface area (Å²) in [6.45, 7) is 0. The topological polar surface area (TPSA) is 63.4 Å². The van der Waals surface area contributed by atoms with Gasteiger partial charge in [0.1, 0.15) is 0 Å². The molecule has 4 nitrogen and oxygen atoms in total. The number of hydrogen-bond donors (Lipinski definition) is 1. The molecule has 17 heavy (non-hydrogen) atoms. The third kappa shape index (κ3) is 4.10. The van der Waals surface area contributed by atoms with Crippen molar-refractivity contribution in [1.82, 2.24) is 4.90 Å². The fraction of sp³-hybridized carbons (Fsp3) is 0.231. The van der Waals surface area contributed by atoms with Gasteiger partial charge < -0.3 is 10.6 Å². The number of rotatable bonds is 4. The Hall–Kier alpha value is -2.10. The van der Waals surface area contributed by atoms with Crippen LogP contribution in [0.25, 0.3) is 6.08 Å². The molecular weight excluding hydrogens is 216 g/mol. The highest BCUT2D eigenvalue weighted by atomic mass is 16.2. The zero-order chi connectivity index (χ0) is 12.8. The van der Waals surface area contributed by atoms with Gasteiger partial charge in [-0.3, -0.25) is 9.59 Å². The summed E-state index contributed by atoms with van der Waals surface area (Å²) in [5.74, 6) is -0.420. The molecule has 2 amide bonds. The summed E-state index contributed by atoms with van der Waals surface area (Å²) in [5.41, 5.74) is 6.52. The molecule has 2 N–H and O–H groups in total. The molecule has 0 aromatic heterocycles. The van der Waals surface area contributed by atoms with Crippen LogP contribution in [0.15, 0.2) is 30.3 Å². The Morgan fingerprint density at radius 3 is 2.65 bits per heavy atom. The van der Waals surface area contributed by atoms with E-state index in [2.05, 4.69) is 0 Å². The summed E-state index contributed by atoms with van der Waals surface area (Å²) in [7, 11) is 3.41. The minimum absolute atomic E-state index is 0.0462. The highest BCUT2D eigenvalue weighted by Gasteiger charge is 2.06. The van der Waals surface area contributed by atoms with Crippen molar-refractivity contribution in [3.05, 3.63) is 41.5 Å².